The van der Waals surface area contributed by atoms with Crippen LogP contribution in [0.3, 0.4) is 0 Å². The van der Waals surface area contributed by atoms with E-state index in [0.717, 1.165) is 27.1 Å². The van der Waals surface area contributed by atoms with E-state index < -0.39 is 0 Å². The molecule has 0 amide bonds. The molecule has 0 radical (unpaired) electrons. The van der Waals surface area contributed by atoms with Crippen molar-refractivity contribution < 1.29 is 0 Å². The number of benzene rings is 4. The molecule has 4 rings (SSSR count). The molecule has 0 heterocycles. The lowest BCUT2D eigenvalue weighted by molar-refractivity contribution is 0.590. The number of hydrogen-bond donors (Lipinski definition) is 0. The van der Waals surface area contributed by atoms with E-state index in [-0.39, 0.29) is 5.41 Å². The summed E-state index contributed by atoms with van der Waals surface area (Å²) in [6, 6.07) is 32.0. The molecular weight excluding hydrogens is 478 g/mol. The summed E-state index contributed by atoms with van der Waals surface area (Å²) >= 11 is 10.5. The van der Waals surface area contributed by atoms with E-state index in [1.54, 1.807) is 0 Å². The predicted octanol–water partition coefficient (Wildman–Crippen LogP) is 9.85. The smallest absolute Gasteiger partial charge is 0.0788 e. The fraction of sp³-hybridized carbons (Fsp3) is 0.172. The molecule has 0 bridgehead atoms. The van der Waals surface area contributed by atoms with Crippen molar-refractivity contribution in [1.82, 2.24) is 0 Å². The highest BCUT2D eigenvalue weighted by Gasteiger charge is 2.23. The maximum absolute atomic E-state index is 6.87. The lowest BCUT2D eigenvalue weighted by Gasteiger charge is -2.30. The summed E-state index contributed by atoms with van der Waals surface area (Å²) in [5.74, 6) is 0. The van der Waals surface area contributed by atoms with Crippen molar-refractivity contribution >= 4 is 44.6 Å². The molecule has 0 N–H and O–H groups in total. The zero-order chi connectivity index (χ0) is 22.9. The van der Waals surface area contributed by atoms with Gasteiger partial charge in [0.1, 0.15) is 0 Å². The Kier molecular flexibility index (Phi) is 6.46. The van der Waals surface area contributed by atoms with Crippen molar-refractivity contribution in [2.75, 3.05) is 4.90 Å². The van der Waals surface area contributed by atoms with E-state index in [4.69, 9.17) is 11.6 Å². The Morgan fingerprint density at radius 3 is 2.00 bits per heavy atom. The largest absolute Gasteiger partial charge is 0.308 e. The van der Waals surface area contributed by atoms with E-state index in [1.807, 2.05) is 6.07 Å². The van der Waals surface area contributed by atoms with Crippen molar-refractivity contribution in [3.05, 3.63) is 112 Å². The Bertz CT molecular complexity index is 1230. The van der Waals surface area contributed by atoms with Crippen LogP contribution in [0.5, 0.6) is 0 Å². The molecule has 0 aliphatic rings. The van der Waals surface area contributed by atoms with E-state index in [0.29, 0.717) is 5.02 Å². The van der Waals surface area contributed by atoms with Crippen molar-refractivity contribution in [1.29, 1.82) is 0 Å². The van der Waals surface area contributed by atoms with Crippen molar-refractivity contribution in [3.63, 3.8) is 0 Å². The molecule has 1 nitrogen and oxygen atoms in total. The maximum Gasteiger partial charge on any atom is 0.0788 e. The van der Waals surface area contributed by atoms with Gasteiger partial charge in [0.2, 0.25) is 0 Å². The van der Waals surface area contributed by atoms with Gasteiger partial charge in [-0.05, 0) is 81.4 Å². The summed E-state index contributed by atoms with van der Waals surface area (Å²) < 4.78 is 0.891. The quantitative estimate of drug-likeness (QED) is 0.267. The van der Waals surface area contributed by atoms with Gasteiger partial charge in [-0.3, -0.25) is 0 Å². The molecule has 0 aromatic heterocycles. The molecule has 0 saturated carbocycles. The topological polar surface area (TPSA) is 3.24 Å². The van der Waals surface area contributed by atoms with Crippen LogP contribution in [0.15, 0.2) is 95.5 Å². The molecule has 162 valence electrons. The van der Waals surface area contributed by atoms with Crippen LogP contribution in [0.2, 0.25) is 5.02 Å². The van der Waals surface area contributed by atoms with Crippen LogP contribution >= 0.6 is 27.5 Å². The van der Waals surface area contributed by atoms with Crippen LogP contribution < -0.4 is 4.90 Å². The number of nitrogens with zero attached hydrogens (tertiary/aromatic N) is 1. The highest BCUT2D eigenvalue weighted by atomic mass is 79.9. The minimum atomic E-state index is 0.0453. The summed E-state index contributed by atoms with van der Waals surface area (Å²) in [7, 11) is 0. The van der Waals surface area contributed by atoms with Gasteiger partial charge in [0.05, 0.1) is 16.4 Å². The molecule has 0 saturated heterocycles. The number of hydrogen-bond acceptors (Lipinski definition) is 1. The predicted molar refractivity (Wildman–Crippen MR) is 143 cm³/mol. The van der Waals surface area contributed by atoms with Crippen LogP contribution in [0.1, 0.15) is 31.9 Å². The molecule has 0 atom stereocenters. The highest BCUT2D eigenvalue weighted by molar-refractivity contribution is 9.10. The Morgan fingerprint density at radius 2 is 1.38 bits per heavy atom. The Morgan fingerprint density at radius 1 is 0.750 bits per heavy atom. The van der Waals surface area contributed by atoms with E-state index in [9.17, 15) is 0 Å². The Hall–Kier alpha value is -2.55. The molecule has 0 unspecified atom stereocenters. The normalized spacial score (nSPS) is 11.4. The van der Waals surface area contributed by atoms with Crippen LogP contribution in [-0.4, -0.2) is 0 Å². The third-order valence-electron chi connectivity index (χ3n) is 5.60. The third kappa shape index (κ3) is 4.62. The first-order valence-corrected chi connectivity index (χ1v) is 11.9. The Balaban J connectivity index is 2.05. The van der Waals surface area contributed by atoms with E-state index in [2.05, 4.69) is 133 Å². The fourth-order valence-electron chi connectivity index (χ4n) is 3.90. The van der Waals surface area contributed by atoms with Gasteiger partial charge in [0, 0.05) is 15.7 Å². The third-order valence-corrected chi connectivity index (χ3v) is 6.85. The second-order valence-corrected chi connectivity index (χ2v) is 10.3. The van der Waals surface area contributed by atoms with Gasteiger partial charge in [-0.15, -0.1) is 0 Å². The second-order valence-electron chi connectivity index (χ2n) is 9.10. The van der Waals surface area contributed by atoms with Gasteiger partial charge >= 0.3 is 0 Å². The second kappa shape index (κ2) is 9.13. The molecule has 0 aliphatic carbocycles. The molecule has 0 spiro atoms. The molecule has 32 heavy (non-hydrogen) atoms. The summed E-state index contributed by atoms with van der Waals surface area (Å²) in [6.07, 6.45) is 0. The van der Waals surface area contributed by atoms with Gasteiger partial charge in [-0.2, -0.15) is 0 Å². The van der Waals surface area contributed by atoms with E-state index in [1.165, 1.54) is 16.7 Å². The molecule has 0 fully saturated rings. The molecule has 3 heteroatoms. The zero-order valence-electron chi connectivity index (χ0n) is 18.9. The van der Waals surface area contributed by atoms with Gasteiger partial charge in [0.25, 0.3) is 0 Å². The van der Waals surface area contributed by atoms with Crippen molar-refractivity contribution in [3.8, 4) is 11.1 Å². The minimum absolute atomic E-state index is 0.0453. The fourth-order valence-corrected chi connectivity index (χ4v) is 4.66. The first-order valence-electron chi connectivity index (χ1n) is 10.8. The van der Waals surface area contributed by atoms with Crippen molar-refractivity contribution in [2.24, 2.45) is 0 Å². The average molecular weight is 505 g/mol. The first kappa shape index (κ1) is 22.6. The van der Waals surface area contributed by atoms with Gasteiger partial charge in [0.15, 0.2) is 0 Å². The number of halogens is 2. The van der Waals surface area contributed by atoms with Crippen LogP contribution in [-0.2, 0) is 5.41 Å². The summed E-state index contributed by atoms with van der Waals surface area (Å²) in [6.45, 7) is 8.84. The first-order chi connectivity index (χ1) is 15.3. The summed E-state index contributed by atoms with van der Waals surface area (Å²) in [4.78, 5) is 2.26. The molecule has 0 aliphatic heterocycles. The van der Waals surface area contributed by atoms with Gasteiger partial charge in [-0.1, -0.05) is 87.0 Å². The lowest BCUT2D eigenvalue weighted by atomic mass is 9.84. The van der Waals surface area contributed by atoms with Gasteiger partial charge < -0.3 is 4.90 Å². The Labute approximate surface area is 204 Å². The zero-order valence-corrected chi connectivity index (χ0v) is 21.2. The summed E-state index contributed by atoms with van der Waals surface area (Å²) in [5, 5.41) is 0.693. The number of anilines is 3. The number of rotatable bonds is 4. The number of para-hydroxylation sites is 1. The average Bonchev–Trinajstić information content (AvgIpc) is 2.78. The summed E-state index contributed by atoms with van der Waals surface area (Å²) in [5.41, 5.74) is 7.94. The van der Waals surface area contributed by atoms with Crippen LogP contribution in [0.4, 0.5) is 17.1 Å². The SMILES string of the molecule is Cc1cc(Br)c(Cl)c(N(c2ccccc2)c2ccc(C(C)(C)C)cc2-c2ccccc2)c1. The number of aryl methyl sites for hydroxylation is 1. The highest BCUT2D eigenvalue weighted by Crippen LogP contribution is 2.46. The van der Waals surface area contributed by atoms with E-state index >= 15 is 0 Å². The molecular formula is C29H27BrClN. The molecule has 4 aromatic rings. The standard InChI is InChI=1S/C29H27BrClN/c1-20-17-25(30)28(31)27(18-20)32(23-13-9-6-10-14-23)26-16-15-22(29(2,3)4)19-24(26)21-11-7-5-8-12-21/h5-19H,1-4H3. The van der Waals surface area contributed by atoms with Crippen LogP contribution in [0, 0.1) is 6.92 Å². The monoisotopic (exact) mass is 503 g/mol. The lowest BCUT2D eigenvalue weighted by Crippen LogP contribution is -2.15. The van der Waals surface area contributed by atoms with Crippen LogP contribution in [0.25, 0.3) is 11.1 Å². The minimum Gasteiger partial charge on any atom is -0.308 e. The molecule has 4 aromatic carbocycles. The van der Waals surface area contributed by atoms with Gasteiger partial charge in [-0.25, -0.2) is 0 Å². The maximum atomic E-state index is 6.87. The van der Waals surface area contributed by atoms with Crippen molar-refractivity contribution in [2.45, 2.75) is 33.1 Å².